The van der Waals surface area contributed by atoms with Gasteiger partial charge in [0.25, 0.3) is 0 Å². The van der Waals surface area contributed by atoms with E-state index in [1.54, 1.807) is 0 Å². The van der Waals surface area contributed by atoms with Crippen molar-refractivity contribution in [2.45, 2.75) is 96.8 Å². The molecule has 0 unspecified atom stereocenters. The monoisotopic (exact) mass is 373 g/mol. The molecule has 0 radical (unpaired) electrons. The van der Waals surface area contributed by atoms with Crippen molar-refractivity contribution in [2.24, 2.45) is 0 Å². The minimum atomic E-state index is -2.03. The van der Waals surface area contributed by atoms with Crippen molar-refractivity contribution in [2.75, 3.05) is 7.11 Å². The standard InChI is InChI=1S/C18H35NO5Si/c1-12-14(24-25(9,10)18(5,6)7)11-13(15(20)22-8)19(12)16(21)23-17(2,3)4/h12-14H,11H2,1-10H3/t12-,13-,14+/m0/s1. The molecule has 0 aromatic heterocycles. The van der Waals surface area contributed by atoms with Crippen molar-refractivity contribution in [1.29, 1.82) is 0 Å². The summed E-state index contributed by atoms with van der Waals surface area (Å²) in [5, 5.41) is 0.0484. The molecule has 0 spiro atoms. The number of methoxy groups -OCH3 is 1. The predicted molar refractivity (Wildman–Crippen MR) is 100 cm³/mol. The van der Waals surface area contributed by atoms with Gasteiger partial charge >= 0.3 is 12.1 Å². The molecule has 6 nitrogen and oxygen atoms in total. The van der Waals surface area contributed by atoms with Crippen LogP contribution in [0.3, 0.4) is 0 Å². The first-order valence-electron chi connectivity index (χ1n) is 8.87. The van der Waals surface area contributed by atoms with Gasteiger partial charge in [0.15, 0.2) is 8.32 Å². The Bertz CT molecular complexity index is 507. The maximum absolute atomic E-state index is 12.7. The summed E-state index contributed by atoms with van der Waals surface area (Å²) < 4.78 is 16.9. The Morgan fingerprint density at radius 1 is 1.08 bits per heavy atom. The molecule has 1 amide bonds. The molecule has 1 saturated heterocycles. The van der Waals surface area contributed by atoms with E-state index in [2.05, 4.69) is 33.9 Å². The highest BCUT2D eigenvalue weighted by Crippen LogP contribution is 2.40. The molecule has 0 aliphatic carbocycles. The molecule has 1 rings (SSSR count). The highest BCUT2D eigenvalue weighted by Gasteiger charge is 2.50. The van der Waals surface area contributed by atoms with Crippen molar-refractivity contribution < 1.29 is 23.5 Å². The Balaban J connectivity index is 3.07. The van der Waals surface area contributed by atoms with Crippen molar-refractivity contribution in [1.82, 2.24) is 4.90 Å². The molecule has 0 saturated carbocycles. The zero-order chi connectivity index (χ0) is 19.8. The van der Waals surface area contributed by atoms with Crippen molar-refractivity contribution in [3.8, 4) is 0 Å². The van der Waals surface area contributed by atoms with Gasteiger partial charge in [-0.15, -0.1) is 0 Å². The van der Waals surface area contributed by atoms with Crippen LogP contribution in [0.4, 0.5) is 4.79 Å². The maximum Gasteiger partial charge on any atom is 0.411 e. The van der Waals surface area contributed by atoms with E-state index in [9.17, 15) is 9.59 Å². The van der Waals surface area contributed by atoms with E-state index in [-0.39, 0.29) is 17.2 Å². The lowest BCUT2D eigenvalue weighted by molar-refractivity contribution is -0.146. The normalized spacial score (nSPS) is 25.0. The average molecular weight is 374 g/mol. The fourth-order valence-corrected chi connectivity index (χ4v) is 4.05. The van der Waals surface area contributed by atoms with Gasteiger partial charge < -0.3 is 13.9 Å². The summed E-state index contributed by atoms with van der Waals surface area (Å²) in [7, 11) is -0.693. The molecule has 25 heavy (non-hydrogen) atoms. The summed E-state index contributed by atoms with van der Waals surface area (Å²) >= 11 is 0. The van der Waals surface area contributed by atoms with E-state index in [4.69, 9.17) is 13.9 Å². The van der Waals surface area contributed by atoms with Gasteiger partial charge in [-0.05, 0) is 45.8 Å². The third-order valence-electron chi connectivity index (χ3n) is 5.10. The van der Waals surface area contributed by atoms with Crippen LogP contribution in [0.25, 0.3) is 0 Å². The summed E-state index contributed by atoms with van der Waals surface area (Å²) in [4.78, 5) is 26.4. The van der Waals surface area contributed by atoms with E-state index in [1.807, 2.05) is 27.7 Å². The van der Waals surface area contributed by atoms with Gasteiger partial charge in [-0.1, -0.05) is 20.8 Å². The summed E-state index contributed by atoms with van der Waals surface area (Å²) in [6.45, 7) is 18.2. The first-order valence-corrected chi connectivity index (χ1v) is 11.8. The Labute approximate surface area is 153 Å². The fraction of sp³-hybridized carbons (Fsp3) is 0.889. The zero-order valence-corrected chi connectivity index (χ0v) is 18.4. The first-order chi connectivity index (χ1) is 11.1. The number of esters is 1. The van der Waals surface area contributed by atoms with Crippen molar-refractivity contribution in [3.05, 3.63) is 0 Å². The third kappa shape index (κ3) is 5.20. The highest BCUT2D eigenvalue weighted by atomic mass is 28.4. The molecule has 146 valence electrons. The van der Waals surface area contributed by atoms with Gasteiger partial charge in [0, 0.05) is 6.42 Å². The second-order valence-corrected chi connectivity index (χ2v) is 14.1. The lowest BCUT2D eigenvalue weighted by atomic mass is 10.1. The number of hydrogen-bond acceptors (Lipinski definition) is 5. The van der Waals surface area contributed by atoms with Gasteiger partial charge in [0.2, 0.25) is 0 Å². The van der Waals surface area contributed by atoms with Crippen molar-refractivity contribution in [3.63, 3.8) is 0 Å². The van der Waals surface area contributed by atoms with Crippen LogP contribution in [-0.2, 0) is 18.7 Å². The smallest absolute Gasteiger partial charge is 0.411 e. The lowest BCUT2D eigenvalue weighted by Gasteiger charge is -2.39. The molecule has 1 heterocycles. The lowest BCUT2D eigenvalue weighted by Crippen LogP contribution is -2.49. The molecule has 0 N–H and O–H groups in total. The maximum atomic E-state index is 12.7. The average Bonchev–Trinajstić information content (AvgIpc) is 2.71. The van der Waals surface area contributed by atoms with Gasteiger partial charge in [0.05, 0.1) is 19.3 Å². The summed E-state index contributed by atoms with van der Waals surface area (Å²) in [6.07, 6.45) is -0.284. The van der Waals surface area contributed by atoms with Crippen LogP contribution in [0, 0.1) is 0 Å². The minimum absolute atomic E-state index is 0.0484. The summed E-state index contributed by atoms with van der Waals surface area (Å²) in [6, 6.07) is -0.933. The largest absolute Gasteiger partial charge is 0.467 e. The van der Waals surface area contributed by atoms with Crippen LogP contribution in [0.2, 0.25) is 18.1 Å². The molecular weight excluding hydrogens is 338 g/mol. The molecule has 3 atom stereocenters. The van der Waals surface area contributed by atoms with E-state index in [0.717, 1.165) is 0 Å². The topological polar surface area (TPSA) is 65.1 Å². The molecule has 0 aromatic rings. The minimum Gasteiger partial charge on any atom is -0.467 e. The van der Waals surface area contributed by atoms with E-state index < -0.39 is 32.0 Å². The van der Waals surface area contributed by atoms with Crippen molar-refractivity contribution >= 4 is 20.4 Å². The zero-order valence-electron chi connectivity index (χ0n) is 17.4. The van der Waals surface area contributed by atoms with E-state index >= 15 is 0 Å². The fourth-order valence-electron chi connectivity index (χ4n) is 2.65. The number of carbonyl (C=O) groups is 2. The van der Waals surface area contributed by atoms with Crippen LogP contribution < -0.4 is 0 Å². The highest BCUT2D eigenvalue weighted by molar-refractivity contribution is 6.74. The third-order valence-corrected chi connectivity index (χ3v) is 9.60. The number of hydrogen-bond donors (Lipinski definition) is 0. The Morgan fingerprint density at radius 3 is 2.00 bits per heavy atom. The molecule has 1 fully saturated rings. The summed E-state index contributed by atoms with van der Waals surface area (Å²) in [5.41, 5.74) is -0.629. The van der Waals surface area contributed by atoms with Crippen LogP contribution in [0.1, 0.15) is 54.9 Å². The second-order valence-electron chi connectivity index (χ2n) is 9.32. The quantitative estimate of drug-likeness (QED) is 0.554. The molecule has 1 aliphatic heterocycles. The Hall–Kier alpha value is -1.08. The number of amides is 1. The van der Waals surface area contributed by atoms with Gasteiger partial charge in [-0.2, -0.15) is 0 Å². The molecule has 0 bridgehead atoms. The second kappa shape index (κ2) is 7.27. The molecule has 0 aromatic carbocycles. The summed E-state index contributed by atoms with van der Waals surface area (Å²) in [5.74, 6) is -0.431. The number of nitrogens with zero attached hydrogens (tertiary/aromatic N) is 1. The number of likely N-dealkylation sites (tertiary alicyclic amines) is 1. The van der Waals surface area contributed by atoms with Crippen LogP contribution in [0.15, 0.2) is 0 Å². The van der Waals surface area contributed by atoms with Gasteiger partial charge in [0.1, 0.15) is 11.6 Å². The first kappa shape index (κ1) is 22.0. The van der Waals surface area contributed by atoms with Gasteiger partial charge in [-0.3, -0.25) is 4.90 Å². The van der Waals surface area contributed by atoms with E-state index in [1.165, 1.54) is 12.0 Å². The Morgan fingerprint density at radius 2 is 1.60 bits per heavy atom. The number of rotatable bonds is 3. The van der Waals surface area contributed by atoms with Crippen LogP contribution in [0.5, 0.6) is 0 Å². The number of carbonyl (C=O) groups excluding carboxylic acids is 2. The van der Waals surface area contributed by atoms with Crippen LogP contribution in [-0.4, -0.2) is 56.2 Å². The molecule has 7 heteroatoms. The SMILES string of the molecule is COC(=O)[C@@H]1C[C@@H](O[Si](C)(C)C(C)(C)C)[C@H](C)N1C(=O)OC(C)(C)C. The Kier molecular flexibility index (Phi) is 6.38. The number of ether oxygens (including phenoxy) is 2. The molecule has 1 aliphatic rings. The predicted octanol–water partition coefficient (Wildman–Crippen LogP) is 3.95. The van der Waals surface area contributed by atoms with E-state index in [0.29, 0.717) is 6.42 Å². The molecular formula is C18H35NO5Si. The van der Waals surface area contributed by atoms with Crippen LogP contribution >= 0.6 is 0 Å². The van der Waals surface area contributed by atoms with Gasteiger partial charge in [-0.25, -0.2) is 9.59 Å².